The Morgan fingerprint density at radius 1 is 1.14 bits per heavy atom. The van der Waals surface area contributed by atoms with Gasteiger partial charge in [-0.1, -0.05) is 40.0 Å². The lowest BCUT2D eigenvalue weighted by Crippen LogP contribution is -2.33. The molecular formula is C12H26O2. The Kier molecular flexibility index (Phi) is 8.20. The first kappa shape index (κ1) is 13.9. The van der Waals surface area contributed by atoms with Crippen LogP contribution in [0.1, 0.15) is 53.4 Å². The SMILES string of the molecule is CCCCO[C@@H](C)[C@H](O)C(CC)CC. The number of aliphatic hydroxyl groups excluding tert-OH is 1. The number of unbranched alkanes of at least 4 members (excludes halogenated alkanes) is 1. The predicted molar refractivity (Wildman–Crippen MR) is 60.4 cm³/mol. The van der Waals surface area contributed by atoms with Crippen LogP contribution in [-0.2, 0) is 4.74 Å². The van der Waals surface area contributed by atoms with E-state index >= 15 is 0 Å². The maximum atomic E-state index is 9.95. The van der Waals surface area contributed by atoms with Gasteiger partial charge in [0.1, 0.15) is 0 Å². The van der Waals surface area contributed by atoms with Crippen LogP contribution in [0, 0.1) is 5.92 Å². The van der Waals surface area contributed by atoms with Crippen molar-refractivity contribution < 1.29 is 9.84 Å². The summed E-state index contributed by atoms with van der Waals surface area (Å²) in [4.78, 5) is 0. The molecule has 0 aliphatic heterocycles. The largest absolute Gasteiger partial charge is 0.390 e. The van der Waals surface area contributed by atoms with E-state index in [0.29, 0.717) is 5.92 Å². The van der Waals surface area contributed by atoms with Crippen LogP contribution >= 0.6 is 0 Å². The molecule has 0 aromatic rings. The minimum Gasteiger partial charge on any atom is -0.390 e. The molecule has 0 heterocycles. The van der Waals surface area contributed by atoms with E-state index in [-0.39, 0.29) is 12.2 Å². The average molecular weight is 202 g/mol. The van der Waals surface area contributed by atoms with Crippen molar-refractivity contribution in [3.05, 3.63) is 0 Å². The van der Waals surface area contributed by atoms with Crippen molar-refractivity contribution >= 4 is 0 Å². The van der Waals surface area contributed by atoms with Crippen LogP contribution in [-0.4, -0.2) is 23.9 Å². The first-order valence-electron chi connectivity index (χ1n) is 5.96. The van der Waals surface area contributed by atoms with Gasteiger partial charge in [0.2, 0.25) is 0 Å². The lowest BCUT2D eigenvalue weighted by molar-refractivity contribution is -0.0545. The van der Waals surface area contributed by atoms with Gasteiger partial charge in [-0.25, -0.2) is 0 Å². The molecule has 2 heteroatoms. The molecule has 0 bridgehead atoms. The highest BCUT2D eigenvalue weighted by Crippen LogP contribution is 2.17. The van der Waals surface area contributed by atoms with E-state index in [2.05, 4.69) is 20.8 Å². The van der Waals surface area contributed by atoms with E-state index in [9.17, 15) is 5.11 Å². The maximum Gasteiger partial charge on any atom is 0.0826 e. The van der Waals surface area contributed by atoms with Crippen LogP contribution in [0.5, 0.6) is 0 Å². The molecule has 0 fully saturated rings. The Balaban J connectivity index is 3.78. The number of aliphatic hydroxyl groups is 1. The lowest BCUT2D eigenvalue weighted by atomic mass is 9.93. The Morgan fingerprint density at radius 3 is 2.14 bits per heavy atom. The van der Waals surface area contributed by atoms with Gasteiger partial charge in [-0.3, -0.25) is 0 Å². The Bertz CT molecular complexity index is 121. The summed E-state index contributed by atoms with van der Waals surface area (Å²) in [5.41, 5.74) is 0. The Labute approximate surface area is 88.7 Å². The molecule has 86 valence electrons. The zero-order valence-corrected chi connectivity index (χ0v) is 10.1. The maximum absolute atomic E-state index is 9.95. The summed E-state index contributed by atoms with van der Waals surface area (Å²) in [6.45, 7) is 9.13. The van der Waals surface area contributed by atoms with Crippen molar-refractivity contribution in [1.82, 2.24) is 0 Å². The summed E-state index contributed by atoms with van der Waals surface area (Å²) in [7, 11) is 0. The Morgan fingerprint density at radius 2 is 1.71 bits per heavy atom. The van der Waals surface area contributed by atoms with E-state index in [1.165, 1.54) is 0 Å². The van der Waals surface area contributed by atoms with E-state index in [0.717, 1.165) is 32.3 Å². The molecule has 0 aromatic heterocycles. The minimum absolute atomic E-state index is 0.0218. The molecule has 0 spiro atoms. The molecule has 14 heavy (non-hydrogen) atoms. The zero-order chi connectivity index (χ0) is 11.0. The predicted octanol–water partition coefficient (Wildman–Crippen LogP) is 2.99. The van der Waals surface area contributed by atoms with E-state index < -0.39 is 0 Å². The summed E-state index contributed by atoms with van der Waals surface area (Å²) >= 11 is 0. The molecule has 0 saturated carbocycles. The van der Waals surface area contributed by atoms with Crippen LogP contribution in [0.4, 0.5) is 0 Å². The van der Waals surface area contributed by atoms with Crippen LogP contribution in [0.2, 0.25) is 0 Å². The summed E-state index contributed by atoms with van der Waals surface area (Å²) in [6, 6.07) is 0. The van der Waals surface area contributed by atoms with Gasteiger partial charge in [-0.2, -0.15) is 0 Å². The summed E-state index contributed by atoms with van der Waals surface area (Å²) in [5.74, 6) is 0.381. The Hall–Kier alpha value is -0.0800. The molecule has 2 nitrogen and oxygen atoms in total. The van der Waals surface area contributed by atoms with Gasteiger partial charge >= 0.3 is 0 Å². The van der Waals surface area contributed by atoms with E-state index in [1.54, 1.807) is 0 Å². The molecular weight excluding hydrogens is 176 g/mol. The zero-order valence-electron chi connectivity index (χ0n) is 10.1. The first-order valence-corrected chi connectivity index (χ1v) is 5.96. The van der Waals surface area contributed by atoms with Gasteiger partial charge in [0, 0.05) is 6.61 Å². The van der Waals surface area contributed by atoms with Crippen molar-refractivity contribution in [2.24, 2.45) is 5.92 Å². The fourth-order valence-electron chi connectivity index (χ4n) is 1.67. The fourth-order valence-corrected chi connectivity index (χ4v) is 1.67. The summed E-state index contributed by atoms with van der Waals surface area (Å²) in [6.07, 6.45) is 3.96. The van der Waals surface area contributed by atoms with Crippen LogP contribution in [0.25, 0.3) is 0 Å². The van der Waals surface area contributed by atoms with Crippen molar-refractivity contribution in [3.8, 4) is 0 Å². The second-order valence-electron chi connectivity index (χ2n) is 4.00. The van der Waals surface area contributed by atoms with Gasteiger partial charge in [-0.05, 0) is 19.3 Å². The van der Waals surface area contributed by atoms with Gasteiger partial charge in [-0.15, -0.1) is 0 Å². The number of hydrogen-bond acceptors (Lipinski definition) is 2. The van der Waals surface area contributed by atoms with E-state index in [1.807, 2.05) is 6.92 Å². The molecule has 1 N–H and O–H groups in total. The highest BCUT2D eigenvalue weighted by Gasteiger charge is 2.22. The lowest BCUT2D eigenvalue weighted by Gasteiger charge is -2.26. The normalized spacial score (nSPS) is 15.9. The highest BCUT2D eigenvalue weighted by molar-refractivity contribution is 4.72. The molecule has 0 radical (unpaired) electrons. The average Bonchev–Trinajstić information content (AvgIpc) is 2.19. The smallest absolute Gasteiger partial charge is 0.0826 e. The second-order valence-corrected chi connectivity index (χ2v) is 4.00. The van der Waals surface area contributed by atoms with Crippen LogP contribution in [0.15, 0.2) is 0 Å². The van der Waals surface area contributed by atoms with Crippen molar-refractivity contribution in [2.45, 2.75) is 65.6 Å². The third-order valence-corrected chi connectivity index (χ3v) is 2.89. The monoisotopic (exact) mass is 202 g/mol. The number of rotatable bonds is 8. The van der Waals surface area contributed by atoms with Crippen molar-refractivity contribution in [3.63, 3.8) is 0 Å². The molecule has 0 aromatic carbocycles. The topological polar surface area (TPSA) is 29.5 Å². The molecule has 0 unspecified atom stereocenters. The second kappa shape index (κ2) is 8.25. The van der Waals surface area contributed by atoms with Crippen LogP contribution < -0.4 is 0 Å². The highest BCUT2D eigenvalue weighted by atomic mass is 16.5. The van der Waals surface area contributed by atoms with Crippen LogP contribution in [0.3, 0.4) is 0 Å². The molecule has 0 rings (SSSR count). The number of hydrogen-bond donors (Lipinski definition) is 1. The van der Waals surface area contributed by atoms with E-state index in [4.69, 9.17) is 4.74 Å². The molecule has 0 amide bonds. The quantitative estimate of drug-likeness (QED) is 0.613. The minimum atomic E-state index is -0.304. The third-order valence-electron chi connectivity index (χ3n) is 2.89. The van der Waals surface area contributed by atoms with Gasteiger partial charge in [0.25, 0.3) is 0 Å². The van der Waals surface area contributed by atoms with Gasteiger partial charge in [0.15, 0.2) is 0 Å². The molecule has 2 atom stereocenters. The van der Waals surface area contributed by atoms with Gasteiger partial charge < -0.3 is 9.84 Å². The summed E-state index contributed by atoms with van der Waals surface area (Å²) in [5, 5.41) is 9.95. The fraction of sp³-hybridized carbons (Fsp3) is 1.00. The molecule has 0 saturated heterocycles. The van der Waals surface area contributed by atoms with Crippen molar-refractivity contribution in [2.75, 3.05) is 6.61 Å². The molecule has 0 aliphatic carbocycles. The summed E-state index contributed by atoms with van der Waals surface area (Å²) < 4.78 is 5.58. The van der Waals surface area contributed by atoms with Crippen molar-refractivity contribution in [1.29, 1.82) is 0 Å². The standard InChI is InChI=1S/C12H26O2/c1-5-8-9-14-10(4)12(13)11(6-2)7-3/h10-13H,5-9H2,1-4H3/t10-,12-/m0/s1. The van der Waals surface area contributed by atoms with Gasteiger partial charge in [0.05, 0.1) is 12.2 Å². The molecule has 0 aliphatic rings. The number of ether oxygens (including phenoxy) is 1. The first-order chi connectivity index (χ1) is 6.67. The third kappa shape index (κ3) is 4.97.